The van der Waals surface area contributed by atoms with Crippen LogP contribution < -0.4 is 5.32 Å². The molecule has 0 saturated carbocycles. The van der Waals surface area contributed by atoms with E-state index in [1.54, 1.807) is 6.92 Å². The summed E-state index contributed by atoms with van der Waals surface area (Å²) in [5.41, 5.74) is -2.47. The van der Waals surface area contributed by atoms with Gasteiger partial charge in [-0.2, -0.15) is 4.39 Å². The lowest BCUT2D eigenvalue weighted by Crippen LogP contribution is -2.40. The number of nitrogens with zero attached hydrogens (tertiary/aromatic N) is 1. The number of nitro groups is 1. The predicted octanol–water partition coefficient (Wildman–Crippen LogP) is 2.17. The second-order valence-electron chi connectivity index (χ2n) is 5.10. The summed E-state index contributed by atoms with van der Waals surface area (Å²) in [4.78, 5) is 21.5. The first-order valence-corrected chi connectivity index (χ1v) is 6.38. The van der Waals surface area contributed by atoms with Gasteiger partial charge in [-0.25, -0.2) is 4.39 Å². The number of rotatable bonds is 4. The smallest absolute Gasteiger partial charge is 0.305 e. The van der Waals surface area contributed by atoms with Crippen molar-refractivity contribution in [3.8, 4) is 0 Å². The normalized spacial score (nSPS) is 21.3. The minimum Gasteiger partial charge on any atom is -0.373 e. The fourth-order valence-electron chi connectivity index (χ4n) is 2.22. The molecule has 1 fully saturated rings. The molecule has 0 spiro atoms. The van der Waals surface area contributed by atoms with Crippen LogP contribution in [0, 0.1) is 21.7 Å². The molecule has 1 N–H and O–H groups in total. The lowest BCUT2D eigenvalue weighted by Gasteiger charge is -2.23. The molecule has 1 aliphatic rings. The van der Waals surface area contributed by atoms with Gasteiger partial charge in [-0.15, -0.1) is 0 Å². The number of hydrogen-bond donors (Lipinski definition) is 1. The van der Waals surface area contributed by atoms with E-state index in [0.717, 1.165) is 6.42 Å². The van der Waals surface area contributed by atoms with Crippen molar-refractivity contribution in [1.29, 1.82) is 0 Å². The van der Waals surface area contributed by atoms with Crippen molar-refractivity contribution in [3.05, 3.63) is 39.4 Å². The van der Waals surface area contributed by atoms with E-state index in [1.807, 2.05) is 0 Å². The fraction of sp³-hybridized carbons (Fsp3) is 0.462. The van der Waals surface area contributed by atoms with Crippen LogP contribution in [0.25, 0.3) is 0 Å². The molecule has 0 aliphatic carbocycles. The van der Waals surface area contributed by atoms with E-state index in [9.17, 15) is 23.7 Å². The van der Waals surface area contributed by atoms with Gasteiger partial charge < -0.3 is 10.1 Å². The Morgan fingerprint density at radius 3 is 2.81 bits per heavy atom. The quantitative estimate of drug-likeness (QED) is 0.682. The topological polar surface area (TPSA) is 81.5 Å². The number of nitrogens with one attached hydrogen (secondary N) is 1. The third-order valence-corrected chi connectivity index (χ3v) is 3.42. The number of amides is 1. The van der Waals surface area contributed by atoms with Gasteiger partial charge in [0.2, 0.25) is 5.82 Å². The van der Waals surface area contributed by atoms with E-state index < -0.39 is 39.3 Å². The zero-order valence-electron chi connectivity index (χ0n) is 11.3. The number of carbonyl (C=O) groups excluding carboxylic acids is 1. The Hall–Kier alpha value is -2.09. The van der Waals surface area contributed by atoms with E-state index in [1.165, 1.54) is 0 Å². The molecule has 1 atom stereocenters. The van der Waals surface area contributed by atoms with Crippen LogP contribution in [-0.4, -0.2) is 29.6 Å². The van der Waals surface area contributed by atoms with Gasteiger partial charge in [0.05, 0.1) is 10.5 Å². The predicted molar refractivity (Wildman–Crippen MR) is 68.9 cm³/mol. The summed E-state index contributed by atoms with van der Waals surface area (Å²) in [7, 11) is 0. The van der Waals surface area contributed by atoms with Crippen molar-refractivity contribution >= 4 is 11.6 Å². The van der Waals surface area contributed by atoms with Gasteiger partial charge in [0, 0.05) is 19.2 Å². The number of halogens is 2. The molecule has 1 aromatic rings. The van der Waals surface area contributed by atoms with Gasteiger partial charge in [-0.3, -0.25) is 14.9 Å². The minimum atomic E-state index is -1.48. The Bertz CT molecular complexity index is 586. The molecule has 1 aromatic carbocycles. The highest BCUT2D eigenvalue weighted by Crippen LogP contribution is 2.25. The highest BCUT2D eigenvalue weighted by atomic mass is 19.1. The molecule has 0 aromatic heterocycles. The van der Waals surface area contributed by atoms with Crippen molar-refractivity contribution in [2.75, 3.05) is 13.2 Å². The highest BCUT2D eigenvalue weighted by molar-refractivity contribution is 5.95. The Balaban J connectivity index is 2.19. The molecule has 114 valence electrons. The van der Waals surface area contributed by atoms with Gasteiger partial charge in [-0.05, 0) is 25.8 Å². The number of nitro benzene ring substituents is 1. The first-order chi connectivity index (χ1) is 9.84. The van der Waals surface area contributed by atoms with Crippen LogP contribution >= 0.6 is 0 Å². The number of benzene rings is 1. The first-order valence-electron chi connectivity index (χ1n) is 6.38. The lowest BCUT2D eigenvalue weighted by atomic mass is 10.0. The maximum absolute atomic E-state index is 13.9. The Morgan fingerprint density at radius 2 is 2.24 bits per heavy atom. The largest absolute Gasteiger partial charge is 0.373 e. The van der Waals surface area contributed by atoms with Crippen molar-refractivity contribution < 1.29 is 23.2 Å². The van der Waals surface area contributed by atoms with Crippen LogP contribution in [0.1, 0.15) is 30.1 Å². The zero-order chi connectivity index (χ0) is 15.6. The Kier molecular flexibility index (Phi) is 4.17. The molecule has 0 bridgehead atoms. The Labute approximate surface area is 119 Å². The van der Waals surface area contributed by atoms with Crippen molar-refractivity contribution in [3.63, 3.8) is 0 Å². The molecule has 1 unspecified atom stereocenters. The van der Waals surface area contributed by atoms with Crippen LogP contribution in [0.5, 0.6) is 0 Å². The Morgan fingerprint density at radius 1 is 1.52 bits per heavy atom. The van der Waals surface area contributed by atoms with E-state index in [4.69, 9.17) is 4.74 Å². The summed E-state index contributed by atoms with van der Waals surface area (Å²) in [6.07, 6.45) is 1.55. The molecular formula is C13H14F2N2O4. The summed E-state index contributed by atoms with van der Waals surface area (Å²) < 4.78 is 32.9. The highest BCUT2D eigenvalue weighted by Gasteiger charge is 2.32. The molecule has 1 aliphatic heterocycles. The molecule has 1 heterocycles. The monoisotopic (exact) mass is 300 g/mol. The van der Waals surface area contributed by atoms with Gasteiger partial charge >= 0.3 is 5.69 Å². The number of carbonyl (C=O) groups is 1. The van der Waals surface area contributed by atoms with Gasteiger partial charge in [0.15, 0.2) is 0 Å². The standard InChI is InChI=1S/C13H14F2N2O4/c1-13(5-2-6-21-13)7-16-12(18)10-8(14)3-4-9(11(10)15)17(19)20/h3-4H,2,5-7H2,1H3,(H,16,18). The van der Waals surface area contributed by atoms with Crippen LogP contribution in [0.4, 0.5) is 14.5 Å². The van der Waals surface area contributed by atoms with E-state index in [-0.39, 0.29) is 6.54 Å². The van der Waals surface area contributed by atoms with Crippen LogP contribution in [0.3, 0.4) is 0 Å². The van der Waals surface area contributed by atoms with E-state index >= 15 is 0 Å². The average molecular weight is 300 g/mol. The molecule has 8 heteroatoms. The van der Waals surface area contributed by atoms with E-state index in [0.29, 0.717) is 25.2 Å². The molecule has 1 amide bonds. The maximum atomic E-state index is 13.9. The van der Waals surface area contributed by atoms with Crippen molar-refractivity contribution in [1.82, 2.24) is 5.32 Å². The SMILES string of the molecule is CC1(CNC(=O)c2c(F)ccc([N+](=O)[O-])c2F)CCCO1. The molecule has 1 saturated heterocycles. The van der Waals surface area contributed by atoms with Gasteiger partial charge in [0.1, 0.15) is 11.4 Å². The summed E-state index contributed by atoms with van der Waals surface area (Å²) in [5, 5.41) is 13.0. The summed E-state index contributed by atoms with van der Waals surface area (Å²) in [6.45, 7) is 2.42. The van der Waals surface area contributed by atoms with Crippen LogP contribution in [0.15, 0.2) is 12.1 Å². The third-order valence-electron chi connectivity index (χ3n) is 3.42. The molecule has 6 nitrogen and oxygen atoms in total. The molecule has 21 heavy (non-hydrogen) atoms. The zero-order valence-corrected chi connectivity index (χ0v) is 11.3. The molecule has 0 radical (unpaired) electrons. The van der Waals surface area contributed by atoms with Crippen LogP contribution in [-0.2, 0) is 4.74 Å². The second kappa shape index (κ2) is 5.72. The fourth-order valence-corrected chi connectivity index (χ4v) is 2.22. The maximum Gasteiger partial charge on any atom is 0.305 e. The molecule has 2 rings (SSSR count). The van der Waals surface area contributed by atoms with Gasteiger partial charge in [-0.1, -0.05) is 0 Å². The molecular weight excluding hydrogens is 286 g/mol. The number of ether oxygens (including phenoxy) is 1. The van der Waals surface area contributed by atoms with E-state index in [2.05, 4.69) is 5.32 Å². The summed E-state index contributed by atoms with van der Waals surface area (Å²) in [5.74, 6) is -3.66. The summed E-state index contributed by atoms with van der Waals surface area (Å²) in [6, 6.07) is 1.38. The van der Waals surface area contributed by atoms with Gasteiger partial charge in [0.25, 0.3) is 5.91 Å². The average Bonchev–Trinajstić information content (AvgIpc) is 2.83. The second-order valence-corrected chi connectivity index (χ2v) is 5.10. The summed E-state index contributed by atoms with van der Waals surface area (Å²) >= 11 is 0. The third kappa shape index (κ3) is 3.15. The number of hydrogen-bond acceptors (Lipinski definition) is 4. The minimum absolute atomic E-state index is 0.0768. The van der Waals surface area contributed by atoms with Crippen molar-refractivity contribution in [2.45, 2.75) is 25.4 Å². The lowest BCUT2D eigenvalue weighted by molar-refractivity contribution is -0.387. The first kappa shape index (κ1) is 15.3. The van der Waals surface area contributed by atoms with Crippen molar-refractivity contribution in [2.24, 2.45) is 0 Å². The van der Waals surface area contributed by atoms with Crippen LogP contribution in [0.2, 0.25) is 0 Å².